The molecule has 1 aromatic rings. The molecule has 0 radical (unpaired) electrons. The van der Waals surface area contributed by atoms with Gasteiger partial charge in [0.1, 0.15) is 5.75 Å². The highest BCUT2D eigenvalue weighted by molar-refractivity contribution is 5.33. The third-order valence-electron chi connectivity index (χ3n) is 3.39. The van der Waals surface area contributed by atoms with Gasteiger partial charge in [-0.15, -0.1) is 0 Å². The zero-order chi connectivity index (χ0) is 12.7. The highest BCUT2D eigenvalue weighted by Gasteiger charge is 2.14. The number of unbranched alkanes of at least 4 members (excludes halogenated alkanes) is 1. The van der Waals surface area contributed by atoms with Crippen molar-refractivity contribution < 1.29 is 4.74 Å². The largest absolute Gasteiger partial charge is 0.496 e. The Morgan fingerprint density at radius 3 is 2.65 bits per heavy atom. The molecular formula is C15H25NO. The molecule has 0 saturated heterocycles. The average molecular weight is 235 g/mol. The van der Waals surface area contributed by atoms with Crippen molar-refractivity contribution in [2.24, 2.45) is 11.7 Å². The standard InChI is InChI=1S/C15H25NO/c1-4-5-8-12(2)14(16)11-13-9-6-7-10-15(13)17-3/h6-7,9-10,12,14H,4-5,8,11,16H2,1-3H3. The Bertz CT molecular complexity index is 324. The minimum absolute atomic E-state index is 0.220. The van der Waals surface area contributed by atoms with Gasteiger partial charge < -0.3 is 10.5 Å². The summed E-state index contributed by atoms with van der Waals surface area (Å²) in [5.74, 6) is 1.52. The summed E-state index contributed by atoms with van der Waals surface area (Å²) in [6.07, 6.45) is 4.62. The summed E-state index contributed by atoms with van der Waals surface area (Å²) < 4.78 is 5.35. The Kier molecular flexibility index (Phi) is 6.06. The van der Waals surface area contributed by atoms with E-state index in [1.165, 1.54) is 24.8 Å². The van der Waals surface area contributed by atoms with Crippen LogP contribution in [0.5, 0.6) is 5.75 Å². The fourth-order valence-corrected chi connectivity index (χ4v) is 2.07. The second-order valence-electron chi connectivity index (χ2n) is 4.80. The van der Waals surface area contributed by atoms with Crippen LogP contribution < -0.4 is 10.5 Å². The van der Waals surface area contributed by atoms with Crippen LogP contribution in [-0.2, 0) is 6.42 Å². The maximum atomic E-state index is 6.26. The first-order valence-electron chi connectivity index (χ1n) is 6.56. The van der Waals surface area contributed by atoms with Gasteiger partial charge in [-0.3, -0.25) is 0 Å². The van der Waals surface area contributed by atoms with E-state index in [9.17, 15) is 0 Å². The lowest BCUT2D eigenvalue weighted by Gasteiger charge is -2.20. The molecule has 2 atom stereocenters. The Morgan fingerprint density at radius 1 is 1.29 bits per heavy atom. The molecule has 2 N–H and O–H groups in total. The van der Waals surface area contributed by atoms with E-state index in [1.807, 2.05) is 18.2 Å². The topological polar surface area (TPSA) is 35.2 Å². The van der Waals surface area contributed by atoms with E-state index in [4.69, 9.17) is 10.5 Å². The number of rotatable bonds is 7. The highest BCUT2D eigenvalue weighted by atomic mass is 16.5. The van der Waals surface area contributed by atoms with E-state index in [-0.39, 0.29) is 6.04 Å². The van der Waals surface area contributed by atoms with Crippen LogP contribution in [0.25, 0.3) is 0 Å². The first kappa shape index (κ1) is 14.0. The molecule has 2 unspecified atom stereocenters. The van der Waals surface area contributed by atoms with Gasteiger partial charge in [-0.2, -0.15) is 0 Å². The van der Waals surface area contributed by atoms with Crippen molar-refractivity contribution in [1.29, 1.82) is 0 Å². The van der Waals surface area contributed by atoms with Crippen LogP contribution >= 0.6 is 0 Å². The van der Waals surface area contributed by atoms with Crippen LogP contribution in [-0.4, -0.2) is 13.2 Å². The van der Waals surface area contributed by atoms with Crippen molar-refractivity contribution in [3.05, 3.63) is 29.8 Å². The van der Waals surface area contributed by atoms with E-state index in [0.29, 0.717) is 5.92 Å². The number of hydrogen-bond donors (Lipinski definition) is 1. The number of hydrogen-bond acceptors (Lipinski definition) is 2. The van der Waals surface area contributed by atoms with Gasteiger partial charge in [-0.25, -0.2) is 0 Å². The first-order chi connectivity index (χ1) is 8.19. The molecule has 0 bridgehead atoms. The molecule has 17 heavy (non-hydrogen) atoms. The fourth-order valence-electron chi connectivity index (χ4n) is 2.07. The molecule has 0 aromatic heterocycles. The smallest absolute Gasteiger partial charge is 0.122 e. The van der Waals surface area contributed by atoms with Crippen molar-refractivity contribution >= 4 is 0 Å². The van der Waals surface area contributed by atoms with E-state index in [2.05, 4.69) is 19.9 Å². The molecule has 96 valence electrons. The summed E-state index contributed by atoms with van der Waals surface area (Å²) in [5, 5.41) is 0. The summed E-state index contributed by atoms with van der Waals surface area (Å²) in [6, 6.07) is 8.36. The first-order valence-corrected chi connectivity index (χ1v) is 6.56. The third kappa shape index (κ3) is 4.39. The maximum absolute atomic E-state index is 6.26. The van der Waals surface area contributed by atoms with Gasteiger partial charge in [0.2, 0.25) is 0 Å². The van der Waals surface area contributed by atoms with Gasteiger partial charge in [-0.1, -0.05) is 44.9 Å². The molecule has 0 aliphatic rings. The van der Waals surface area contributed by atoms with Crippen molar-refractivity contribution in [2.75, 3.05) is 7.11 Å². The summed E-state index contributed by atoms with van der Waals surface area (Å²) in [4.78, 5) is 0. The third-order valence-corrected chi connectivity index (χ3v) is 3.39. The fraction of sp³-hybridized carbons (Fsp3) is 0.600. The highest BCUT2D eigenvalue weighted by Crippen LogP contribution is 2.21. The van der Waals surface area contributed by atoms with Crippen LogP contribution in [0.4, 0.5) is 0 Å². The van der Waals surface area contributed by atoms with Gasteiger partial charge in [0.05, 0.1) is 7.11 Å². The molecule has 2 nitrogen and oxygen atoms in total. The van der Waals surface area contributed by atoms with Crippen molar-refractivity contribution in [3.63, 3.8) is 0 Å². The molecular weight excluding hydrogens is 210 g/mol. The Morgan fingerprint density at radius 2 is 2.00 bits per heavy atom. The average Bonchev–Trinajstić information content (AvgIpc) is 2.36. The summed E-state index contributed by atoms with van der Waals surface area (Å²) >= 11 is 0. The normalized spacial score (nSPS) is 14.4. The molecule has 0 saturated carbocycles. The van der Waals surface area contributed by atoms with E-state index >= 15 is 0 Å². The molecule has 1 rings (SSSR count). The van der Waals surface area contributed by atoms with E-state index in [1.54, 1.807) is 7.11 Å². The number of ether oxygens (including phenoxy) is 1. The number of benzene rings is 1. The molecule has 0 spiro atoms. The summed E-state index contributed by atoms with van der Waals surface area (Å²) in [6.45, 7) is 4.47. The minimum atomic E-state index is 0.220. The van der Waals surface area contributed by atoms with Gasteiger partial charge >= 0.3 is 0 Å². The molecule has 0 fully saturated rings. The lowest BCUT2D eigenvalue weighted by molar-refractivity contribution is 0.388. The van der Waals surface area contributed by atoms with Crippen LogP contribution in [0.2, 0.25) is 0 Å². The van der Waals surface area contributed by atoms with Gasteiger partial charge in [0, 0.05) is 6.04 Å². The van der Waals surface area contributed by atoms with Gasteiger partial charge in [-0.05, 0) is 30.4 Å². The SMILES string of the molecule is CCCCC(C)C(N)Cc1ccccc1OC. The minimum Gasteiger partial charge on any atom is -0.496 e. The summed E-state index contributed by atoms with van der Waals surface area (Å²) in [5.41, 5.74) is 7.47. The van der Waals surface area contributed by atoms with Crippen LogP contribution in [0.1, 0.15) is 38.7 Å². The lowest BCUT2D eigenvalue weighted by atomic mass is 9.91. The predicted molar refractivity (Wildman–Crippen MR) is 73.4 cm³/mol. The maximum Gasteiger partial charge on any atom is 0.122 e. The van der Waals surface area contributed by atoms with Crippen LogP contribution in [0, 0.1) is 5.92 Å². The van der Waals surface area contributed by atoms with Crippen molar-refractivity contribution in [1.82, 2.24) is 0 Å². The lowest BCUT2D eigenvalue weighted by Crippen LogP contribution is -2.30. The Hall–Kier alpha value is -1.02. The summed E-state index contributed by atoms with van der Waals surface area (Å²) in [7, 11) is 1.71. The van der Waals surface area contributed by atoms with E-state index in [0.717, 1.165) is 12.2 Å². The second kappa shape index (κ2) is 7.33. The molecule has 0 heterocycles. The molecule has 0 aliphatic heterocycles. The van der Waals surface area contributed by atoms with E-state index < -0.39 is 0 Å². The van der Waals surface area contributed by atoms with Crippen LogP contribution in [0.15, 0.2) is 24.3 Å². The molecule has 0 aliphatic carbocycles. The van der Waals surface area contributed by atoms with Crippen LogP contribution in [0.3, 0.4) is 0 Å². The zero-order valence-corrected chi connectivity index (χ0v) is 11.3. The Balaban J connectivity index is 2.57. The molecule has 1 aromatic carbocycles. The number of nitrogens with two attached hydrogens (primary N) is 1. The predicted octanol–water partition coefficient (Wildman–Crippen LogP) is 3.39. The monoisotopic (exact) mass is 235 g/mol. The quantitative estimate of drug-likeness (QED) is 0.786. The van der Waals surface area contributed by atoms with Crippen molar-refractivity contribution in [3.8, 4) is 5.75 Å². The second-order valence-corrected chi connectivity index (χ2v) is 4.80. The van der Waals surface area contributed by atoms with Gasteiger partial charge in [0.15, 0.2) is 0 Å². The number of methoxy groups -OCH3 is 1. The Labute approximate surface area is 105 Å². The van der Waals surface area contributed by atoms with Crippen molar-refractivity contribution in [2.45, 2.75) is 45.6 Å². The molecule has 0 amide bonds. The number of para-hydroxylation sites is 1. The zero-order valence-electron chi connectivity index (χ0n) is 11.3. The molecule has 2 heteroatoms. The van der Waals surface area contributed by atoms with Gasteiger partial charge in [0.25, 0.3) is 0 Å².